The standard InChI is InChI=1S/C20H24N2O/c1-2-6-17-15-22(12-9-16(17)5-1)13-11-21-19-10-14-23-20-8-4-3-7-18(19)20/h1-8,19,21H,9-15H2. The van der Waals surface area contributed by atoms with Crippen LogP contribution in [0.25, 0.3) is 0 Å². The first-order valence-electron chi connectivity index (χ1n) is 8.64. The summed E-state index contributed by atoms with van der Waals surface area (Å²) in [4.78, 5) is 2.56. The van der Waals surface area contributed by atoms with E-state index in [1.165, 1.54) is 29.7 Å². The van der Waals surface area contributed by atoms with Gasteiger partial charge in [0.05, 0.1) is 6.61 Å². The maximum Gasteiger partial charge on any atom is 0.124 e. The third-order valence-electron chi connectivity index (χ3n) is 4.99. The minimum absolute atomic E-state index is 0.428. The highest BCUT2D eigenvalue weighted by atomic mass is 16.5. The second-order valence-electron chi connectivity index (χ2n) is 6.48. The van der Waals surface area contributed by atoms with Crippen LogP contribution in [0.3, 0.4) is 0 Å². The lowest BCUT2D eigenvalue weighted by Crippen LogP contribution is -2.38. The number of rotatable bonds is 4. The summed E-state index contributed by atoms with van der Waals surface area (Å²) in [5.41, 5.74) is 4.33. The Bertz CT molecular complexity index is 670. The van der Waals surface area contributed by atoms with Gasteiger partial charge in [0, 0.05) is 44.2 Å². The number of hydrogen-bond acceptors (Lipinski definition) is 3. The van der Waals surface area contributed by atoms with E-state index in [4.69, 9.17) is 4.74 Å². The van der Waals surface area contributed by atoms with Gasteiger partial charge < -0.3 is 10.1 Å². The van der Waals surface area contributed by atoms with Crippen LogP contribution >= 0.6 is 0 Å². The normalized spacial score (nSPS) is 20.4. The van der Waals surface area contributed by atoms with Crippen molar-refractivity contribution in [2.45, 2.75) is 25.4 Å². The molecule has 1 unspecified atom stereocenters. The lowest BCUT2D eigenvalue weighted by molar-refractivity contribution is 0.229. The van der Waals surface area contributed by atoms with Crippen molar-refractivity contribution in [3.8, 4) is 5.75 Å². The van der Waals surface area contributed by atoms with E-state index in [1.807, 2.05) is 6.07 Å². The molecule has 3 heteroatoms. The molecule has 0 bridgehead atoms. The van der Waals surface area contributed by atoms with Gasteiger partial charge in [-0.2, -0.15) is 0 Å². The Morgan fingerprint density at radius 3 is 2.83 bits per heavy atom. The van der Waals surface area contributed by atoms with Crippen LogP contribution < -0.4 is 10.1 Å². The smallest absolute Gasteiger partial charge is 0.124 e. The second kappa shape index (κ2) is 6.73. The third-order valence-corrected chi connectivity index (χ3v) is 4.99. The fraction of sp³-hybridized carbons (Fsp3) is 0.400. The minimum Gasteiger partial charge on any atom is -0.493 e. The largest absolute Gasteiger partial charge is 0.493 e. The summed E-state index contributed by atoms with van der Waals surface area (Å²) in [6, 6.07) is 17.7. The van der Waals surface area contributed by atoms with Crippen LogP contribution in [-0.2, 0) is 13.0 Å². The Morgan fingerprint density at radius 1 is 1.04 bits per heavy atom. The quantitative estimate of drug-likeness (QED) is 0.939. The van der Waals surface area contributed by atoms with Crippen LogP contribution in [0.5, 0.6) is 5.75 Å². The average Bonchev–Trinajstić information content (AvgIpc) is 2.62. The number of para-hydroxylation sites is 1. The molecule has 3 nitrogen and oxygen atoms in total. The minimum atomic E-state index is 0.428. The van der Waals surface area contributed by atoms with Crippen LogP contribution in [0.15, 0.2) is 48.5 Å². The van der Waals surface area contributed by atoms with Crippen LogP contribution in [-0.4, -0.2) is 31.1 Å². The zero-order chi connectivity index (χ0) is 15.5. The van der Waals surface area contributed by atoms with Crippen molar-refractivity contribution in [1.29, 1.82) is 0 Å². The van der Waals surface area contributed by atoms with Gasteiger partial charge in [-0.1, -0.05) is 42.5 Å². The van der Waals surface area contributed by atoms with E-state index < -0.39 is 0 Å². The molecule has 2 aromatic rings. The fourth-order valence-electron chi connectivity index (χ4n) is 3.70. The van der Waals surface area contributed by atoms with Crippen LogP contribution in [0, 0.1) is 0 Å². The summed E-state index contributed by atoms with van der Waals surface area (Å²) >= 11 is 0. The summed E-state index contributed by atoms with van der Waals surface area (Å²) < 4.78 is 5.74. The SMILES string of the molecule is c1ccc2c(c1)CCN(CCNC1CCOc3ccccc31)C2. The molecule has 0 radical (unpaired) electrons. The summed E-state index contributed by atoms with van der Waals surface area (Å²) in [5, 5.41) is 3.73. The number of nitrogens with zero attached hydrogens (tertiary/aromatic N) is 1. The Hall–Kier alpha value is -1.84. The molecule has 2 aliphatic rings. The van der Waals surface area contributed by atoms with E-state index in [1.54, 1.807) is 0 Å². The second-order valence-corrected chi connectivity index (χ2v) is 6.48. The predicted octanol–water partition coefficient (Wildman–Crippen LogP) is 3.16. The molecule has 0 saturated heterocycles. The van der Waals surface area contributed by atoms with Gasteiger partial charge in [0.1, 0.15) is 5.75 Å². The van der Waals surface area contributed by atoms with Crippen LogP contribution in [0.4, 0.5) is 0 Å². The molecule has 0 aliphatic carbocycles. The van der Waals surface area contributed by atoms with Crippen molar-refractivity contribution in [2.24, 2.45) is 0 Å². The lowest BCUT2D eigenvalue weighted by Gasteiger charge is -2.31. The van der Waals surface area contributed by atoms with Gasteiger partial charge in [-0.3, -0.25) is 4.90 Å². The molecular formula is C20H24N2O. The first kappa shape index (κ1) is 14.7. The molecule has 1 N–H and O–H groups in total. The topological polar surface area (TPSA) is 24.5 Å². The Kier molecular flexibility index (Phi) is 4.31. The van der Waals surface area contributed by atoms with E-state index >= 15 is 0 Å². The van der Waals surface area contributed by atoms with Crippen LogP contribution in [0.2, 0.25) is 0 Å². The Balaban J connectivity index is 1.32. The number of hydrogen-bond donors (Lipinski definition) is 1. The summed E-state index contributed by atoms with van der Waals surface area (Å²) in [5.74, 6) is 1.04. The fourth-order valence-corrected chi connectivity index (χ4v) is 3.70. The van der Waals surface area contributed by atoms with Gasteiger partial charge in [0.15, 0.2) is 0 Å². The van der Waals surface area contributed by atoms with Crippen molar-refractivity contribution in [3.63, 3.8) is 0 Å². The highest BCUT2D eigenvalue weighted by Gasteiger charge is 2.21. The van der Waals surface area contributed by atoms with Gasteiger partial charge in [-0.05, 0) is 23.6 Å². The molecule has 0 saturated carbocycles. The molecule has 2 heterocycles. The average molecular weight is 308 g/mol. The summed E-state index contributed by atoms with van der Waals surface area (Å²) in [6.07, 6.45) is 2.23. The molecule has 0 amide bonds. The van der Waals surface area contributed by atoms with Gasteiger partial charge in [-0.25, -0.2) is 0 Å². The van der Waals surface area contributed by atoms with Crippen molar-refractivity contribution >= 4 is 0 Å². The maximum absolute atomic E-state index is 5.74. The first-order valence-corrected chi connectivity index (χ1v) is 8.64. The van der Waals surface area contributed by atoms with Crippen molar-refractivity contribution < 1.29 is 4.74 Å². The first-order chi connectivity index (χ1) is 11.4. The monoisotopic (exact) mass is 308 g/mol. The van der Waals surface area contributed by atoms with Gasteiger partial charge in [0.2, 0.25) is 0 Å². The molecule has 2 aliphatic heterocycles. The number of ether oxygens (including phenoxy) is 1. The summed E-state index contributed by atoms with van der Waals surface area (Å²) in [6.45, 7) is 5.20. The number of nitrogens with one attached hydrogen (secondary N) is 1. The Labute approximate surface area is 138 Å². The third kappa shape index (κ3) is 3.26. The van der Waals surface area contributed by atoms with Crippen LogP contribution in [0.1, 0.15) is 29.2 Å². The van der Waals surface area contributed by atoms with E-state index in [2.05, 4.69) is 52.7 Å². The van der Waals surface area contributed by atoms with E-state index in [0.717, 1.165) is 38.4 Å². The lowest BCUT2D eigenvalue weighted by atomic mass is 9.99. The summed E-state index contributed by atoms with van der Waals surface area (Å²) in [7, 11) is 0. The Morgan fingerprint density at radius 2 is 1.87 bits per heavy atom. The van der Waals surface area contributed by atoms with E-state index in [0.29, 0.717) is 6.04 Å². The molecule has 2 aromatic carbocycles. The number of fused-ring (bicyclic) bond motifs is 2. The molecule has 1 atom stereocenters. The maximum atomic E-state index is 5.74. The van der Waals surface area contributed by atoms with Gasteiger partial charge >= 0.3 is 0 Å². The molecule has 0 fully saturated rings. The molecular weight excluding hydrogens is 284 g/mol. The van der Waals surface area contributed by atoms with Crippen molar-refractivity contribution in [3.05, 3.63) is 65.2 Å². The molecule has 4 rings (SSSR count). The van der Waals surface area contributed by atoms with Gasteiger partial charge in [0.25, 0.3) is 0 Å². The molecule has 23 heavy (non-hydrogen) atoms. The van der Waals surface area contributed by atoms with E-state index in [9.17, 15) is 0 Å². The highest BCUT2D eigenvalue weighted by Crippen LogP contribution is 2.31. The van der Waals surface area contributed by atoms with Crippen molar-refractivity contribution in [2.75, 3.05) is 26.2 Å². The molecule has 120 valence electrons. The zero-order valence-electron chi connectivity index (χ0n) is 13.5. The zero-order valence-corrected chi connectivity index (χ0v) is 13.5. The van der Waals surface area contributed by atoms with Crippen molar-refractivity contribution in [1.82, 2.24) is 10.2 Å². The van der Waals surface area contributed by atoms with E-state index in [-0.39, 0.29) is 0 Å². The highest BCUT2D eigenvalue weighted by molar-refractivity contribution is 5.37. The predicted molar refractivity (Wildman–Crippen MR) is 92.7 cm³/mol. The number of benzene rings is 2. The molecule has 0 aromatic heterocycles. The van der Waals surface area contributed by atoms with Gasteiger partial charge in [-0.15, -0.1) is 0 Å². The molecule has 0 spiro atoms.